The van der Waals surface area contributed by atoms with Gasteiger partial charge in [-0.1, -0.05) is 0 Å². The highest BCUT2D eigenvalue weighted by molar-refractivity contribution is 5.55. The van der Waals surface area contributed by atoms with Gasteiger partial charge in [-0.3, -0.25) is 0 Å². The van der Waals surface area contributed by atoms with E-state index in [2.05, 4.69) is 0 Å². The lowest BCUT2D eigenvalue weighted by Crippen LogP contribution is -2.08. The lowest BCUT2D eigenvalue weighted by atomic mass is 10.0. The molecular formula is C15H20O5. The Bertz CT molecular complexity index is 468. The second-order valence-electron chi connectivity index (χ2n) is 5.19. The molecule has 0 saturated carbocycles. The molecule has 0 aromatic heterocycles. The maximum absolute atomic E-state index is 10.3. The Balaban J connectivity index is 1.69. The highest BCUT2D eigenvalue weighted by atomic mass is 16.7. The minimum absolute atomic E-state index is 0.196. The van der Waals surface area contributed by atoms with Crippen LogP contribution in [0.3, 0.4) is 0 Å². The molecule has 1 fully saturated rings. The fraction of sp³-hybridized carbons (Fsp3) is 0.600. The van der Waals surface area contributed by atoms with Crippen molar-refractivity contribution in [1.29, 1.82) is 0 Å². The second kappa shape index (κ2) is 5.89. The third-order valence-corrected chi connectivity index (χ3v) is 3.85. The van der Waals surface area contributed by atoms with Gasteiger partial charge in [0.1, 0.15) is 0 Å². The molecule has 1 N–H and O–H groups in total. The van der Waals surface area contributed by atoms with Crippen LogP contribution in [0.1, 0.15) is 37.4 Å². The summed E-state index contributed by atoms with van der Waals surface area (Å²) >= 11 is 0. The molecule has 20 heavy (non-hydrogen) atoms. The van der Waals surface area contributed by atoms with Crippen LogP contribution in [-0.2, 0) is 4.74 Å². The van der Waals surface area contributed by atoms with E-state index >= 15 is 0 Å². The first-order valence-electron chi connectivity index (χ1n) is 7.05. The molecule has 0 spiro atoms. The normalized spacial score (nSPS) is 22.0. The van der Waals surface area contributed by atoms with Gasteiger partial charge in [0.2, 0.25) is 12.5 Å². The van der Waals surface area contributed by atoms with E-state index in [9.17, 15) is 5.11 Å². The van der Waals surface area contributed by atoms with Crippen LogP contribution in [-0.4, -0.2) is 31.7 Å². The van der Waals surface area contributed by atoms with Gasteiger partial charge in [0.15, 0.2) is 11.5 Å². The van der Waals surface area contributed by atoms with Crippen LogP contribution >= 0.6 is 0 Å². The fourth-order valence-electron chi connectivity index (χ4n) is 2.72. The minimum atomic E-state index is -0.539. The first-order valence-corrected chi connectivity index (χ1v) is 7.05. The Hall–Kier alpha value is -1.46. The largest absolute Gasteiger partial charge is 0.493 e. The average molecular weight is 280 g/mol. The predicted molar refractivity (Wildman–Crippen MR) is 72.3 cm³/mol. The number of aliphatic hydroxyl groups is 1. The van der Waals surface area contributed by atoms with Crippen molar-refractivity contribution in [2.24, 2.45) is 0 Å². The maximum atomic E-state index is 10.3. The average Bonchev–Trinajstić information content (AvgIpc) is 3.14. The Labute approximate surface area is 118 Å². The fourth-order valence-corrected chi connectivity index (χ4v) is 2.72. The van der Waals surface area contributed by atoms with Crippen LogP contribution in [0.5, 0.6) is 17.2 Å². The third-order valence-electron chi connectivity index (χ3n) is 3.85. The van der Waals surface area contributed by atoms with E-state index in [-0.39, 0.29) is 6.79 Å². The Morgan fingerprint density at radius 2 is 2.30 bits per heavy atom. The van der Waals surface area contributed by atoms with Crippen molar-refractivity contribution in [2.45, 2.75) is 37.9 Å². The number of methoxy groups -OCH3 is 1. The molecule has 0 radical (unpaired) electrons. The van der Waals surface area contributed by atoms with E-state index in [1.165, 1.54) is 0 Å². The number of hydrogen-bond acceptors (Lipinski definition) is 5. The summed E-state index contributed by atoms with van der Waals surface area (Å²) in [4.78, 5) is 0. The zero-order valence-corrected chi connectivity index (χ0v) is 11.6. The summed E-state index contributed by atoms with van der Waals surface area (Å²) in [5.41, 5.74) is 0.795. The molecule has 3 rings (SSSR count). The van der Waals surface area contributed by atoms with Gasteiger partial charge >= 0.3 is 0 Å². The lowest BCUT2D eigenvalue weighted by molar-refractivity contribution is 0.0811. The molecule has 2 unspecified atom stereocenters. The summed E-state index contributed by atoms with van der Waals surface area (Å²) in [6.45, 7) is 1.04. The number of rotatable bonds is 5. The Morgan fingerprint density at radius 3 is 3.05 bits per heavy atom. The van der Waals surface area contributed by atoms with E-state index < -0.39 is 6.10 Å². The molecule has 5 nitrogen and oxygen atoms in total. The van der Waals surface area contributed by atoms with E-state index in [0.717, 1.165) is 31.4 Å². The van der Waals surface area contributed by atoms with Crippen molar-refractivity contribution < 1.29 is 24.1 Å². The van der Waals surface area contributed by atoms with Gasteiger partial charge in [-0.2, -0.15) is 0 Å². The molecule has 2 atom stereocenters. The van der Waals surface area contributed by atoms with E-state index in [4.69, 9.17) is 18.9 Å². The number of ether oxygens (including phenoxy) is 4. The first-order chi connectivity index (χ1) is 9.78. The molecule has 110 valence electrons. The Kier molecular flexibility index (Phi) is 3.98. The van der Waals surface area contributed by atoms with Gasteiger partial charge in [-0.25, -0.2) is 0 Å². The Morgan fingerprint density at radius 1 is 1.40 bits per heavy atom. The topological polar surface area (TPSA) is 57.2 Å². The summed E-state index contributed by atoms with van der Waals surface area (Å²) < 4.78 is 21.6. The standard InChI is InChI=1S/C15H20O5/c1-17-13-7-10(8-14-15(13)20-9-19-14)12(16)5-4-11-3-2-6-18-11/h7-8,11-12,16H,2-6,9H2,1H3. The summed E-state index contributed by atoms with van der Waals surface area (Å²) in [7, 11) is 1.58. The highest BCUT2D eigenvalue weighted by Crippen LogP contribution is 2.43. The smallest absolute Gasteiger partial charge is 0.231 e. The van der Waals surface area contributed by atoms with Crippen molar-refractivity contribution in [3.8, 4) is 17.2 Å². The second-order valence-corrected chi connectivity index (χ2v) is 5.19. The maximum Gasteiger partial charge on any atom is 0.231 e. The van der Waals surface area contributed by atoms with E-state index in [0.29, 0.717) is 29.8 Å². The van der Waals surface area contributed by atoms with Gasteiger partial charge in [0.05, 0.1) is 19.3 Å². The molecule has 2 aliphatic rings. The van der Waals surface area contributed by atoms with Gasteiger partial charge in [0, 0.05) is 6.61 Å². The third kappa shape index (κ3) is 2.69. The van der Waals surface area contributed by atoms with Crippen LogP contribution in [0.4, 0.5) is 0 Å². The van der Waals surface area contributed by atoms with Crippen LogP contribution in [0.15, 0.2) is 12.1 Å². The molecule has 5 heteroatoms. The molecule has 1 aromatic rings. The van der Waals surface area contributed by atoms with Crippen LogP contribution in [0.2, 0.25) is 0 Å². The molecule has 2 aliphatic heterocycles. The van der Waals surface area contributed by atoms with E-state index in [1.54, 1.807) is 7.11 Å². The number of benzene rings is 1. The quantitative estimate of drug-likeness (QED) is 0.897. The molecule has 0 aliphatic carbocycles. The number of hydrogen-bond donors (Lipinski definition) is 1. The molecule has 1 aromatic carbocycles. The lowest BCUT2D eigenvalue weighted by Gasteiger charge is -2.15. The molecular weight excluding hydrogens is 260 g/mol. The van der Waals surface area contributed by atoms with Gasteiger partial charge in [-0.15, -0.1) is 0 Å². The molecule has 2 heterocycles. The zero-order chi connectivity index (χ0) is 13.9. The van der Waals surface area contributed by atoms with Crippen molar-refractivity contribution in [1.82, 2.24) is 0 Å². The molecule has 1 saturated heterocycles. The predicted octanol–water partition coefficient (Wildman–Crippen LogP) is 2.42. The van der Waals surface area contributed by atoms with Crippen molar-refractivity contribution in [3.05, 3.63) is 17.7 Å². The van der Waals surface area contributed by atoms with Crippen molar-refractivity contribution >= 4 is 0 Å². The SMILES string of the molecule is COc1cc(C(O)CCC2CCCO2)cc2c1OCO2. The van der Waals surface area contributed by atoms with Gasteiger partial charge < -0.3 is 24.1 Å². The van der Waals surface area contributed by atoms with Crippen LogP contribution in [0, 0.1) is 0 Å². The van der Waals surface area contributed by atoms with E-state index in [1.807, 2.05) is 12.1 Å². The number of fused-ring (bicyclic) bond motifs is 1. The van der Waals surface area contributed by atoms with Crippen molar-refractivity contribution in [2.75, 3.05) is 20.5 Å². The monoisotopic (exact) mass is 280 g/mol. The molecule has 0 amide bonds. The zero-order valence-electron chi connectivity index (χ0n) is 11.6. The van der Waals surface area contributed by atoms with Crippen molar-refractivity contribution in [3.63, 3.8) is 0 Å². The molecule has 0 bridgehead atoms. The first kappa shape index (κ1) is 13.5. The summed E-state index contributed by atoms with van der Waals surface area (Å²) in [6.07, 6.45) is 3.52. The van der Waals surface area contributed by atoms with Crippen LogP contribution in [0.25, 0.3) is 0 Å². The van der Waals surface area contributed by atoms with Gasteiger partial charge in [-0.05, 0) is 43.4 Å². The van der Waals surface area contributed by atoms with Crippen LogP contribution < -0.4 is 14.2 Å². The summed E-state index contributed by atoms with van der Waals surface area (Å²) in [6, 6.07) is 3.64. The van der Waals surface area contributed by atoms with Gasteiger partial charge in [0.25, 0.3) is 0 Å². The summed E-state index contributed by atoms with van der Waals surface area (Å²) in [5, 5.41) is 10.3. The number of aliphatic hydroxyl groups excluding tert-OH is 1. The highest BCUT2D eigenvalue weighted by Gasteiger charge is 2.23. The summed E-state index contributed by atoms with van der Waals surface area (Å²) in [5.74, 6) is 1.85. The minimum Gasteiger partial charge on any atom is -0.493 e.